The topological polar surface area (TPSA) is 60.2 Å². The van der Waals surface area contributed by atoms with Crippen LogP contribution in [0.3, 0.4) is 0 Å². The van der Waals surface area contributed by atoms with Gasteiger partial charge in [0.15, 0.2) is 0 Å². The zero-order valence-electron chi connectivity index (χ0n) is 11.0. The van der Waals surface area contributed by atoms with Crippen LogP contribution in [0.1, 0.15) is 32.3 Å². The molecule has 0 bridgehead atoms. The van der Waals surface area contributed by atoms with Crippen molar-refractivity contribution in [2.24, 2.45) is 5.84 Å². The Bertz CT molecular complexity index is 343. The van der Waals surface area contributed by atoms with Crippen LogP contribution < -0.4 is 11.3 Å². The largest absolute Gasteiger partial charge is 0.377 e. The normalized spacial score (nSPS) is 14.4. The molecule has 1 heterocycles. The average molecular weight is 316 g/mol. The molecule has 0 aromatic carbocycles. The van der Waals surface area contributed by atoms with Gasteiger partial charge in [-0.25, -0.2) is 0 Å². The first-order valence-corrected chi connectivity index (χ1v) is 7.17. The molecule has 1 aromatic heterocycles. The van der Waals surface area contributed by atoms with Gasteiger partial charge in [-0.1, -0.05) is 13.3 Å². The summed E-state index contributed by atoms with van der Waals surface area (Å²) in [4.78, 5) is 4.17. The number of nitrogens with one attached hydrogen (secondary N) is 1. The van der Waals surface area contributed by atoms with Gasteiger partial charge < -0.3 is 4.74 Å². The van der Waals surface area contributed by atoms with Gasteiger partial charge in [-0.15, -0.1) is 0 Å². The molecule has 3 N–H and O–H groups in total. The lowest BCUT2D eigenvalue weighted by atomic mass is 10.00. The quantitative estimate of drug-likeness (QED) is 0.571. The number of hydrogen-bond acceptors (Lipinski definition) is 4. The molecule has 2 atom stereocenters. The van der Waals surface area contributed by atoms with Gasteiger partial charge in [0.25, 0.3) is 0 Å². The molecular weight excluding hydrogens is 294 g/mol. The monoisotopic (exact) mass is 315 g/mol. The zero-order chi connectivity index (χ0) is 13.4. The number of pyridine rings is 1. The molecule has 0 saturated heterocycles. The molecule has 0 aliphatic heterocycles. The van der Waals surface area contributed by atoms with E-state index in [-0.39, 0.29) is 12.1 Å². The third-order valence-corrected chi connectivity index (χ3v) is 3.27. The molecule has 0 amide bonds. The van der Waals surface area contributed by atoms with Gasteiger partial charge in [0.1, 0.15) is 0 Å². The van der Waals surface area contributed by atoms with E-state index in [0.717, 1.165) is 29.3 Å². The molecule has 0 aliphatic rings. The van der Waals surface area contributed by atoms with Crippen molar-refractivity contribution in [1.29, 1.82) is 0 Å². The van der Waals surface area contributed by atoms with Crippen LogP contribution in [-0.4, -0.2) is 23.7 Å². The molecule has 4 nitrogen and oxygen atoms in total. The Kier molecular flexibility index (Phi) is 7.42. The van der Waals surface area contributed by atoms with Gasteiger partial charge in [0.2, 0.25) is 0 Å². The first kappa shape index (κ1) is 15.6. The highest BCUT2D eigenvalue weighted by atomic mass is 79.9. The summed E-state index contributed by atoms with van der Waals surface area (Å²) < 4.78 is 6.75. The fraction of sp³-hybridized carbons (Fsp3) is 0.615. The molecule has 0 radical (unpaired) electrons. The van der Waals surface area contributed by atoms with Crippen LogP contribution in [0, 0.1) is 0 Å². The molecule has 0 saturated carbocycles. The second-order valence-corrected chi connectivity index (χ2v) is 5.19. The Labute approximate surface area is 117 Å². The lowest BCUT2D eigenvalue weighted by molar-refractivity contribution is 0.0281. The van der Waals surface area contributed by atoms with Crippen molar-refractivity contribution >= 4 is 15.9 Å². The fourth-order valence-corrected chi connectivity index (χ4v) is 2.43. The summed E-state index contributed by atoms with van der Waals surface area (Å²) in [5.41, 5.74) is 4.02. The van der Waals surface area contributed by atoms with Crippen molar-refractivity contribution in [2.75, 3.05) is 6.61 Å². The van der Waals surface area contributed by atoms with Crippen molar-refractivity contribution in [3.63, 3.8) is 0 Å². The third kappa shape index (κ3) is 5.02. The maximum Gasteiger partial charge on any atom is 0.0744 e. The number of rotatable bonds is 8. The van der Waals surface area contributed by atoms with Gasteiger partial charge in [0, 0.05) is 23.5 Å². The summed E-state index contributed by atoms with van der Waals surface area (Å²) in [6.07, 6.45) is 6.69. The molecule has 5 heteroatoms. The lowest BCUT2D eigenvalue weighted by Crippen LogP contribution is -2.46. The van der Waals surface area contributed by atoms with Crippen LogP contribution in [0.4, 0.5) is 0 Å². The molecule has 0 fully saturated rings. The van der Waals surface area contributed by atoms with Crippen molar-refractivity contribution in [2.45, 2.75) is 45.3 Å². The number of nitrogens with zero attached hydrogens (tertiary/aromatic N) is 1. The summed E-state index contributed by atoms with van der Waals surface area (Å²) in [6.45, 7) is 4.87. The summed E-state index contributed by atoms with van der Waals surface area (Å²) in [5.74, 6) is 5.66. The smallest absolute Gasteiger partial charge is 0.0744 e. The molecule has 102 valence electrons. The average Bonchev–Trinajstić information content (AvgIpc) is 2.36. The van der Waals surface area contributed by atoms with E-state index in [0.29, 0.717) is 6.61 Å². The van der Waals surface area contributed by atoms with Crippen LogP contribution in [0.15, 0.2) is 22.9 Å². The second-order valence-electron chi connectivity index (χ2n) is 4.27. The maximum absolute atomic E-state index is 5.76. The number of nitrogens with two attached hydrogens (primary N) is 1. The Morgan fingerprint density at radius 3 is 2.78 bits per heavy atom. The van der Waals surface area contributed by atoms with E-state index in [1.165, 1.54) is 0 Å². The van der Waals surface area contributed by atoms with Crippen molar-refractivity contribution in [1.82, 2.24) is 10.4 Å². The van der Waals surface area contributed by atoms with Crippen LogP contribution in [0.2, 0.25) is 0 Å². The van der Waals surface area contributed by atoms with Crippen molar-refractivity contribution in [3.05, 3.63) is 28.5 Å². The highest BCUT2D eigenvalue weighted by Crippen LogP contribution is 2.15. The van der Waals surface area contributed by atoms with E-state index in [9.17, 15) is 0 Å². The van der Waals surface area contributed by atoms with Crippen molar-refractivity contribution in [3.8, 4) is 0 Å². The fourth-order valence-electron chi connectivity index (χ4n) is 2.02. The Morgan fingerprint density at radius 2 is 2.22 bits per heavy atom. The van der Waals surface area contributed by atoms with E-state index in [1.807, 2.05) is 13.1 Å². The van der Waals surface area contributed by atoms with E-state index >= 15 is 0 Å². The number of ether oxygens (including phenoxy) is 1. The van der Waals surface area contributed by atoms with Gasteiger partial charge in [-0.2, -0.15) is 0 Å². The number of hydrogen-bond donors (Lipinski definition) is 2. The minimum Gasteiger partial charge on any atom is -0.377 e. The van der Waals surface area contributed by atoms with E-state index in [2.05, 4.69) is 39.3 Å². The van der Waals surface area contributed by atoms with Gasteiger partial charge in [0.05, 0.1) is 12.1 Å². The molecule has 18 heavy (non-hydrogen) atoms. The zero-order valence-corrected chi connectivity index (χ0v) is 12.6. The van der Waals surface area contributed by atoms with E-state index in [1.54, 1.807) is 6.20 Å². The molecule has 0 spiro atoms. The van der Waals surface area contributed by atoms with Gasteiger partial charge >= 0.3 is 0 Å². The van der Waals surface area contributed by atoms with Crippen molar-refractivity contribution < 1.29 is 4.74 Å². The van der Waals surface area contributed by atoms with Crippen LogP contribution in [0.25, 0.3) is 0 Å². The first-order chi connectivity index (χ1) is 8.71. The molecule has 1 aromatic rings. The second kappa shape index (κ2) is 8.58. The first-order valence-electron chi connectivity index (χ1n) is 6.38. The van der Waals surface area contributed by atoms with E-state index < -0.39 is 0 Å². The van der Waals surface area contributed by atoms with Crippen LogP contribution >= 0.6 is 15.9 Å². The predicted octanol–water partition coefficient (Wildman–Crippen LogP) is 2.42. The summed E-state index contributed by atoms with van der Waals surface area (Å²) in [5, 5.41) is 0. The minimum absolute atomic E-state index is 0.112. The number of aromatic nitrogens is 1. The third-order valence-electron chi connectivity index (χ3n) is 2.83. The molecule has 0 aliphatic carbocycles. The molecular formula is C13H22BrN3O. The maximum atomic E-state index is 5.76. The summed E-state index contributed by atoms with van der Waals surface area (Å²) >= 11 is 3.43. The highest BCUT2D eigenvalue weighted by Gasteiger charge is 2.20. The number of halogens is 1. The molecule has 2 unspecified atom stereocenters. The Hall–Kier alpha value is -0.490. The molecule has 1 rings (SSSR count). The standard InChI is InChI=1S/C13H22BrN3O/c1-3-5-13(18-4-2)12(17-15)7-10-6-11(14)9-16-8-10/h6,8-9,12-13,17H,3-5,7,15H2,1-2H3. The van der Waals surface area contributed by atoms with E-state index in [4.69, 9.17) is 10.6 Å². The van der Waals surface area contributed by atoms with Crippen LogP contribution in [0.5, 0.6) is 0 Å². The SMILES string of the molecule is CCCC(OCC)C(Cc1cncc(Br)c1)NN. The van der Waals surface area contributed by atoms with Gasteiger partial charge in [-0.05, 0) is 47.3 Å². The summed E-state index contributed by atoms with van der Waals surface area (Å²) in [6, 6.07) is 2.17. The summed E-state index contributed by atoms with van der Waals surface area (Å²) in [7, 11) is 0. The highest BCUT2D eigenvalue weighted by molar-refractivity contribution is 9.10. The van der Waals surface area contributed by atoms with Gasteiger partial charge in [-0.3, -0.25) is 16.3 Å². The minimum atomic E-state index is 0.112. The predicted molar refractivity (Wildman–Crippen MR) is 77.1 cm³/mol. The Balaban J connectivity index is 2.69. The van der Waals surface area contributed by atoms with Crippen LogP contribution in [-0.2, 0) is 11.2 Å². The number of hydrazine groups is 1. The Morgan fingerprint density at radius 1 is 1.44 bits per heavy atom. The lowest BCUT2D eigenvalue weighted by Gasteiger charge is -2.26.